The molecule has 3 heteroatoms. The predicted octanol–water partition coefficient (Wildman–Crippen LogP) is 3.49. The number of nitrogens with two attached hydrogens (primary N) is 1. The minimum atomic E-state index is 0.202. The lowest BCUT2D eigenvalue weighted by Crippen LogP contribution is -2.28. The van der Waals surface area contributed by atoms with Crippen LogP contribution in [0.15, 0.2) is 48.8 Å². The molecule has 1 unspecified atom stereocenters. The number of nitrogens with zero attached hydrogens (tertiary/aromatic N) is 1. The van der Waals surface area contributed by atoms with Crippen molar-refractivity contribution in [2.24, 2.45) is 5.84 Å². The first-order valence-electron chi connectivity index (χ1n) is 7.81. The Morgan fingerprint density at radius 3 is 2.38 bits per heavy atom. The van der Waals surface area contributed by atoms with Gasteiger partial charge in [0.05, 0.1) is 0 Å². The van der Waals surface area contributed by atoms with Crippen LogP contribution in [0.5, 0.6) is 0 Å². The fraction of sp³-hybridized carbons (Fsp3) is 0.389. The number of benzene rings is 1. The molecule has 3 N–H and O–H groups in total. The van der Waals surface area contributed by atoms with Crippen molar-refractivity contribution >= 4 is 0 Å². The third kappa shape index (κ3) is 3.49. The van der Waals surface area contributed by atoms with Crippen LogP contribution in [0.2, 0.25) is 0 Å². The summed E-state index contributed by atoms with van der Waals surface area (Å²) in [7, 11) is 0. The molecular weight excluding hydrogens is 258 g/mol. The van der Waals surface area contributed by atoms with Gasteiger partial charge in [-0.05, 0) is 60.4 Å². The quantitative estimate of drug-likeness (QED) is 0.629. The van der Waals surface area contributed by atoms with E-state index >= 15 is 0 Å². The van der Waals surface area contributed by atoms with E-state index in [4.69, 9.17) is 5.84 Å². The van der Waals surface area contributed by atoms with Crippen molar-refractivity contribution in [3.63, 3.8) is 0 Å². The molecule has 1 aliphatic rings. The molecule has 3 rings (SSSR count). The van der Waals surface area contributed by atoms with Gasteiger partial charge in [0.1, 0.15) is 0 Å². The maximum atomic E-state index is 5.74. The lowest BCUT2D eigenvalue weighted by molar-refractivity contribution is 0.419. The van der Waals surface area contributed by atoms with Crippen molar-refractivity contribution < 1.29 is 0 Å². The summed E-state index contributed by atoms with van der Waals surface area (Å²) < 4.78 is 0. The standard InChI is InChI=1S/C18H23N3/c19-21-18(9-4-14-10-12-20-13-11-14)17-7-5-16(6-8-17)15-2-1-3-15/h5-8,10-13,15,18,21H,1-4,9,19H2. The fourth-order valence-electron chi connectivity index (χ4n) is 2.95. The van der Waals surface area contributed by atoms with E-state index in [-0.39, 0.29) is 6.04 Å². The first kappa shape index (κ1) is 14.2. The highest BCUT2D eigenvalue weighted by atomic mass is 15.2. The van der Waals surface area contributed by atoms with Crippen molar-refractivity contribution in [2.75, 3.05) is 0 Å². The Morgan fingerprint density at radius 2 is 1.81 bits per heavy atom. The average molecular weight is 281 g/mol. The van der Waals surface area contributed by atoms with Crippen molar-refractivity contribution in [1.29, 1.82) is 0 Å². The van der Waals surface area contributed by atoms with Gasteiger partial charge < -0.3 is 0 Å². The molecule has 0 amide bonds. The molecule has 1 fully saturated rings. The topological polar surface area (TPSA) is 50.9 Å². The molecule has 21 heavy (non-hydrogen) atoms. The van der Waals surface area contributed by atoms with E-state index in [0.29, 0.717) is 0 Å². The summed E-state index contributed by atoms with van der Waals surface area (Å²) in [5, 5.41) is 0. The fourth-order valence-corrected chi connectivity index (χ4v) is 2.95. The second-order valence-electron chi connectivity index (χ2n) is 5.91. The van der Waals surface area contributed by atoms with Gasteiger partial charge in [-0.2, -0.15) is 0 Å². The number of pyridine rings is 1. The maximum Gasteiger partial charge on any atom is 0.0463 e. The van der Waals surface area contributed by atoms with Crippen molar-refractivity contribution in [3.8, 4) is 0 Å². The SMILES string of the molecule is NNC(CCc1ccncc1)c1ccc(C2CCC2)cc1. The summed E-state index contributed by atoms with van der Waals surface area (Å²) in [5.74, 6) is 6.53. The van der Waals surface area contributed by atoms with Crippen LogP contribution in [-0.2, 0) is 6.42 Å². The molecular formula is C18H23N3. The van der Waals surface area contributed by atoms with E-state index in [1.807, 2.05) is 12.4 Å². The molecule has 1 saturated carbocycles. The number of hydrogen-bond acceptors (Lipinski definition) is 3. The zero-order chi connectivity index (χ0) is 14.5. The molecule has 2 aromatic rings. The monoisotopic (exact) mass is 281 g/mol. The van der Waals surface area contributed by atoms with Gasteiger partial charge >= 0.3 is 0 Å². The van der Waals surface area contributed by atoms with Crippen LogP contribution in [-0.4, -0.2) is 4.98 Å². The third-order valence-electron chi connectivity index (χ3n) is 4.59. The predicted molar refractivity (Wildman–Crippen MR) is 85.7 cm³/mol. The number of nitrogens with one attached hydrogen (secondary N) is 1. The molecule has 0 spiro atoms. The highest BCUT2D eigenvalue weighted by Crippen LogP contribution is 2.36. The van der Waals surface area contributed by atoms with E-state index in [1.165, 1.54) is 36.0 Å². The first-order chi connectivity index (χ1) is 10.4. The number of hydrazine groups is 1. The summed E-state index contributed by atoms with van der Waals surface area (Å²) in [6, 6.07) is 13.3. The lowest BCUT2D eigenvalue weighted by atomic mass is 9.80. The van der Waals surface area contributed by atoms with Crippen molar-refractivity contribution in [1.82, 2.24) is 10.4 Å². The Labute approximate surface area is 126 Å². The Balaban J connectivity index is 1.62. The van der Waals surface area contributed by atoms with Crippen LogP contribution in [0.4, 0.5) is 0 Å². The summed E-state index contributed by atoms with van der Waals surface area (Å²) in [4.78, 5) is 4.05. The van der Waals surface area contributed by atoms with Crippen LogP contribution in [0, 0.1) is 0 Å². The van der Waals surface area contributed by atoms with Gasteiger partial charge in [0.2, 0.25) is 0 Å². The second kappa shape index (κ2) is 6.83. The molecule has 3 nitrogen and oxygen atoms in total. The van der Waals surface area contributed by atoms with Gasteiger partial charge in [-0.15, -0.1) is 0 Å². The Bertz CT molecular complexity index is 546. The van der Waals surface area contributed by atoms with Gasteiger partial charge in [0.15, 0.2) is 0 Å². The molecule has 0 saturated heterocycles. The minimum Gasteiger partial charge on any atom is -0.271 e. The number of aromatic nitrogens is 1. The molecule has 110 valence electrons. The average Bonchev–Trinajstić information content (AvgIpc) is 2.49. The smallest absolute Gasteiger partial charge is 0.0463 e. The van der Waals surface area contributed by atoms with E-state index in [2.05, 4.69) is 46.8 Å². The van der Waals surface area contributed by atoms with E-state index in [1.54, 1.807) is 0 Å². The molecule has 1 aromatic heterocycles. The molecule has 1 aromatic carbocycles. The van der Waals surface area contributed by atoms with Crippen LogP contribution >= 0.6 is 0 Å². The molecule has 1 heterocycles. The molecule has 0 bridgehead atoms. The van der Waals surface area contributed by atoms with Gasteiger partial charge in [-0.3, -0.25) is 16.3 Å². The molecule has 0 radical (unpaired) electrons. The molecule has 1 atom stereocenters. The van der Waals surface area contributed by atoms with E-state index in [9.17, 15) is 0 Å². The highest BCUT2D eigenvalue weighted by molar-refractivity contribution is 5.28. The van der Waals surface area contributed by atoms with E-state index in [0.717, 1.165) is 18.8 Å². The highest BCUT2D eigenvalue weighted by Gasteiger charge is 2.19. The number of hydrogen-bond donors (Lipinski definition) is 2. The zero-order valence-electron chi connectivity index (χ0n) is 12.3. The van der Waals surface area contributed by atoms with Crippen LogP contribution in [0.1, 0.15) is 54.3 Å². The lowest BCUT2D eigenvalue weighted by Gasteiger charge is -2.26. The number of rotatable bonds is 6. The molecule has 1 aliphatic carbocycles. The largest absolute Gasteiger partial charge is 0.271 e. The Kier molecular flexibility index (Phi) is 4.63. The van der Waals surface area contributed by atoms with Gasteiger partial charge in [0, 0.05) is 18.4 Å². The van der Waals surface area contributed by atoms with Crippen molar-refractivity contribution in [3.05, 3.63) is 65.5 Å². The summed E-state index contributed by atoms with van der Waals surface area (Å²) in [5.41, 5.74) is 7.01. The summed E-state index contributed by atoms with van der Waals surface area (Å²) in [6.07, 6.45) is 9.75. The second-order valence-corrected chi connectivity index (χ2v) is 5.91. The van der Waals surface area contributed by atoms with Gasteiger partial charge in [-0.25, -0.2) is 0 Å². The van der Waals surface area contributed by atoms with E-state index < -0.39 is 0 Å². The normalized spacial score (nSPS) is 16.4. The van der Waals surface area contributed by atoms with Crippen LogP contribution in [0.25, 0.3) is 0 Å². The van der Waals surface area contributed by atoms with Gasteiger partial charge in [-0.1, -0.05) is 30.7 Å². The molecule has 0 aliphatic heterocycles. The van der Waals surface area contributed by atoms with Gasteiger partial charge in [0.25, 0.3) is 0 Å². The van der Waals surface area contributed by atoms with Crippen LogP contribution < -0.4 is 11.3 Å². The zero-order valence-corrected chi connectivity index (χ0v) is 12.3. The van der Waals surface area contributed by atoms with Crippen LogP contribution in [0.3, 0.4) is 0 Å². The summed E-state index contributed by atoms with van der Waals surface area (Å²) >= 11 is 0. The third-order valence-corrected chi connectivity index (χ3v) is 4.59. The minimum absolute atomic E-state index is 0.202. The number of aryl methyl sites for hydroxylation is 1. The summed E-state index contributed by atoms with van der Waals surface area (Å²) in [6.45, 7) is 0. The Morgan fingerprint density at radius 1 is 1.10 bits per heavy atom. The maximum absolute atomic E-state index is 5.74. The van der Waals surface area contributed by atoms with Crippen molar-refractivity contribution in [2.45, 2.75) is 44.1 Å². The first-order valence-corrected chi connectivity index (χ1v) is 7.81. The Hall–Kier alpha value is -1.71.